The first kappa shape index (κ1) is 24.0. The molecule has 5 heteroatoms. The van der Waals surface area contributed by atoms with Crippen molar-refractivity contribution in [1.82, 2.24) is 24.9 Å². The summed E-state index contributed by atoms with van der Waals surface area (Å²) >= 11 is 0. The van der Waals surface area contributed by atoms with Gasteiger partial charge in [0.1, 0.15) is 0 Å². The first-order valence-corrected chi connectivity index (χ1v) is 13.8. The molecule has 0 unspecified atom stereocenters. The Labute approximate surface area is 242 Å². The second-order valence-electron chi connectivity index (χ2n) is 10.2. The van der Waals surface area contributed by atoms with Gasteiger partial charge < -0.3 is 0 Å². The molecule has 0 bridgehead atoms. The fraction of sp³-hybridized carbons (Fsp3) is 0. The molecule has 0 amide bonds. The molecule has 0 atom stereocenters. The number of aromatic nitrogens is 5. The molecule has 0 aliphatic rings. The van der Waals surface area contributed by atoms with E-state index < -0.39 is 0 Å². The Balaban J connectivity index is 1.36. The number of pyridine rings is 2. The lowest BCUT2D eigenvalue weighted by Gasteiger charge is -2.14. The van der Waals surface area contributed by atoms with Crippen LogP contribution in [-0.4, -0.2) is 24.9 Å². The van der Waals surface area contributed by atoms with E-state index in [0.29, 0.717) is 17.5 Å². The summed E-state index contributed by atoms with van der Waals surface area (Å²) in [5.41, 5.74) is 4.87. The van der Waals surface area contributed by atoms with E-state index in [-0.39, 0.29) is 0 Å². The highest BCUT2D eigenvalue weighted by molar-refractivity contribution is 6.25. The molecule has 0 fully saturated rings. The summed E-state index contributed by atoms with van der Waals surface area (Å²) in [6, 6.07) is 40.0. The third-order valence-electron chi connectivity index (χ3n) is 7.74. The molecule has 5 aromatic carbocycles. The van der Waals surface area contributed by atoms with E-state index in [0.717, 1.165) is 27.8 Å². The average Bonchev–Trinajstić information content (AvgIpc) is 3.09. The van der Waals surface area contributed by atoms with Crippen LogP contribution in [-0.2, 0) is 0 Å². The van der Waals surface area contributed by atoms with Crippen LogP contribution < -0.4 is 0 Å². The summed E-state index contributed by atoms with van der Waals surface area (Å²) in [5, 5.41) is 7.49. The number of benzene rings is 5. The molecule has 5 nitrogen and oxygen atoms in total. The molecular formula is C37H23N5. The van der Waals surface area contributed by atoms with Crippen molar-refractivity contribution in [2.24, 2.45) is 0 Å². The summed E-state index contributed by atoms with van der Waals surface area (Å²) in [5.74, 6) is 1.81. The third kappa shape index (κ3) is 4.07. The van der Waals surface area contributed by atoms with Gasteiger partial charge in [-0.15, -0.1) is 0 Å². The average molecular weight is 538 g/mol. The maximum absolute atomic E-state index is 4.97. The van der Waals surface area contributed by atoms with Crippen LogP contribution in [0.15, 0.2) is 140 Å². The second-order valence-corrected chi connectivity index (χ2v) is 10.2. The Kier molecular flexibility index (Phi) is 5.71. The van der Waals surface area contributed by atoms with Gasteiger partial charge in [-0.1, -0.05) is 84.9 Å². The van der Waals surface area contributed by atoms with Gasteiger partial charge in [-0.25, -0.2) is 15.0 Å². The van der Waals surface area contributed by atoms with Crippen molar-refractivity contribution >= 4 is 32.3 Å². The van der Waals surface area contributed by atoms with Crippen LogP contribution in [0.25, 0.3) is 77.6 Å². The lowest BCUT2D eigenvalue weighted by atomic mass is 9.91. The van der Waals surface area contributed by atoms with Gasteiger partial charge >= 0.3 is 0 Å². The van der Waals surface area contributed by atoms with Crippen LogP contribution in [0.5, 0.6) is 0 Å². The normalized spacial score (nSPS) is 11.3. The molecule has 0 saturated carbocycles. The smallest absolute Gasteiger partial charge is 0.164 e. The number of hydrogen-bond acceptors (Lipinski definition) is 5. The molecule has 8 aromatic rings. The van der Waals surface area contributed by atoms with E-state index in [4.69, 9.17) is 15.0 Å². The lowest BCUT2D eigenvalue weighted by Crippen LogP contribution is -2.01. The third-order valence-corrected chi connectivity index (χ3v) is 7.74. The van der Waals surface area contributed by atoms with Gasteiger partial charge in [-0.05, 0) is 73.8 Å². The van der Waals surface area contributed by atoms with Crippen molar-refractivity contribution in [3.8, 4) is 45.3 Å². The molecule has 0 saturated heterocycles. The van der Waals surface area contributed by atoms with E-state index in [1.54, 1.807) is 24.8 Å². The van der Waals surface area contributed by atoms with Crippen molar-refractivity contribution in [2.45, 2.75) is 0 Å². The molecule has 3 heterocycles. The van der Waals surface area contributed by atoms with Crippen molar-refractivity contribution in [2.75, 3.05) is 0 Å². The second kappa shape index (κ2) is 9.98. The number of fused-ring (bicyclic) bond motifs is 6. The minimum atomic E-state index is 0.597. The van der Waals surface area contributed by atoms with Crippen molar-refractivity contribution < 1.29 is 0 Å². The van der Waals surface area contributed by atoms with Crippen molar-refractivity contribution in [1.29, 1.82) is 0 Å². The SMILES string of the molecule is c1ccc(-c2nc(-c3ccncc3)nc(-c3ccncc3)n2)c(-c2ccc3c4ccccc4c4ccccc4c3c2)c1. The zero-order chi connectivity index (χ0) is 27.9. The summed E-state index contributed by atoms with van der Waals surface area (Å²) in [4.78, 5) is 23.1. The molecular weight excluding hydrogens is 514 g/mol. The molecule has 0 aliphatic carbocycles. The Hall–Kier alpha value is -5.81. The monoisotopic (exact) mass is 537 g/mol. The minimum absolute atomic E-state index is 0.597. The van der Waals surface area contributed by atoms with Crippen LogP contribution in [0.2, 0.25) is 0 Å². The fourth-order valence-corrected chi connectivity index (χ4v) is 5.76. The molecule has 0 aliphatic heterocycles. The Morgan fingerprint density at radius 2 is 0.738 bits per heavy atom. The predicted octanol–water partition coefficient (Wildman–Crippen LogP) is 8.79. The van der Waals surface area contributed by atoms with E-state index >= 15 is 0 Å². The zero-order valence-corrected chi connectivity index (χ0v) is 22.5. The predicted molar refractivity (Wildman–Crippen MR) is 170 cm³/mol. The minimum Gasteiger partial charge on any atom is -0.265 e. The Bertz CT molecular complexity index is 2150. The molecule has 8 rings (SSSR count). The molecule has 0 radical (unpaired) electrons. The van der Waals surface area contributed by atoms with E-state index in [1.165, 1.54) is 32.3 Å². The number of rotatable bonds is 4. The topological polar surface area (TPSA) is 64.5 Å². The highest BCUT2D eigenvalue weighted by Gasteiger charge is 2.16. The summed E-state index contributed by atoms with van der Waals surface area (Å²) in [6.45, 7) is 0. The number of hydrogen-bond donors (Lipinski definition) is 0. The van der Waals surface area contributed by atoms with E-state index in [9.17, 15) is 0 Å². The highest BCUT2D eigenvalue weighted by Crippen LogP contribution is 2.39. The first-order chi connectivity index (χ1) is 20.8. The van der Waals surface area contributed by atoms with Gasteiger partial charge in [-0.3, -0.25) is 9.97 Å². The zero-order valence-electron chi connectivity index (χ0n) is 22.5. The van der Waals surface area contributed by atoms with Crippen LogP contribution in [0.4, 0.5) is 0 Å². The molecule has 3 aromatic heterocycles. The quantitative estimate of drug-likeness (QED) is 0.210. The van der Waals surface area contributed by atoms with Gasteiger partial charge in [-0.2, -0.15) is 0 Å². The largest absolute Gasteiger partial charge is 0.265 e. The Morgan fingerprint density at radius 1 is 0.310 bits per heavy atom. The molecule has 0 spiro atoms. The van der Waals surface area contributed by atoms with Crippen LogP contribution in [0.3, 0.4) is 0 Å². The van der Waals surface area contributed by atoms with Gasteiger partial charge in [0.05, 0.1) is 0 Å². The summed E-state index contributed by atoms with van der Waals surface area (Å²) < 4.78 is 0. The molecule has 196 valence electrons. The van der Waals surface area contributed by atoms with Gasteiger partial charge in [0.2, 0.25) is 0 Å². The lowest BCUT2D eigenvalue weighted by molar-refractivity contribution is 1.07. The van der Waals surface area contributed by atoms with Gasteiger partial charge in [0, 0.05) is 41.5 Å². The standard InChI is InChI=1S/C37H23N5/c1-6-12-33(37-41-35(24-15-19-38-20-16-24)40-36(42-37)25-17-21-39-22-18-25)27(7-1)26-13-14-32-30-10-3-2-8-28(30)29-9-4-5-11-31(29)34(32)23-26/h1-23H. The summed E-state index contributed by atoms with van der Waals surface area (Å²) in [6.07, 6.45) is 7.01. The molecule has 42 heavy (non-hydrogen) atoms. The van der Waals surface area contributed by atoms with Gasteiger partial charge in [0.25, 0.3) is 0 Å². The Morgan fingerprint density at radius 3 is 1.29 bits per heavy atom. The number of nitrogens with zero attached hydrogens (tertiary/aromatic N) is 5. The highest BCUT2D eigenvalue weighted by atomic mass is 15.0. The van der Waals surface area contributed by atoms with E-state index in [1.807, 2.05) is 30.3 Å². The maximum atomic E-state index is 4.97. The van der Waals surface area contributed by atoms with Crippen LogP contribution in [0.1, 0.15) is 0 Å². The fourth-order valence-electron chi connectivity index (χ4n) is 5.76. The van der Waals surface area contributed by atoms with Gasteiger partial charge in [0.15, 0.2) is 17.5 Å². The first-order valence-electron chi connectivity index (χ1n) is 13.8. The van der Waals surface area contributed by atoms with Crippen LogP contribution in [0, 0.1) is 0 Å². The van der Waals surface area contributed by atoms with E-state index in [2.05, 4.69) is 94.9 Å². The van der Waals surface area contributed by atoms with Crippen LogP contribution >= 0.6 is 0 Å². The van der Waals surface area contributed by atoms with Crippen molar-refractivity contribution in [3.63, 3.8) is 0 Å². The maximum Gasteiger partial charge on any atom is 0.164 e. The molecule has 0 N–H and O–H groups in total. The van der Waals surface area contributed by atoms with Crippen molar-refractivity contribution in [3.05, 3.63) is 140 Å². The summed E-state index contributed by atoms with van der Waals surface area (Å²) in [7, 11) is 0.